The monoisotopic (exact) mass is 280 g/mol. The zero-order valence-electron chi connectivity index (χ0n) is 10.8. The first-order chi connectivity index (χ1) is 9.10. The van der Waals surface area contributed by atoms with E-state index in [0.29, 0.717) is 41.0 Å². The third-order valence-corrected chi connectivity index (χ3v) is 2.84. The number of halogens is 2. The third-order valence-electron chi connectivity index (χ3n) is 2.64. The summed E-state index contributed by atoms with van der Waals surface area (Å²) in [6.07, 6.45) is 0. The molecule has 0 bridgehead atoms. The minimum atomic E-state index is -0.265. The molecule has 100 valence electrons. The molecule has 0 fully saturated rings. The molecule has 1 aromatic heterocycles. The molecule has 3 nitrogen and oxygen atoms in total. The van der Waals surface area contributed by atoms with Crippen molar-refractivity contribution in [1.82, 2.24) is 9.97 Å². The third kappa shape index (κ3) is 3.49. The van der Waals surface area contributed by atoms with E-state index < -0.39 is 0 Å². The molecular formula is C14H14ClFN2O. The Labute approximate surface area is 116 Å². The smallest absolute Gasteiger partial charge is 0.156 e. The number of benzene rings is 1. The highest BCUT2D eigenvalue weighted by Crippen LogP contribution is 2.22. The maximum atomic E-state index is 13.6. The van der Waals surface area contributed by atoms with E-state index >= 15 is 0 Å². The van der Waals surface area contributed by atoms with Crippen LogP contribution in [0.15, 0.2) is 24.3 Å². The fourth-order valence-corrected chi connectivity index (χ4v) is 1.82. The Morgan fingerprint density at radius 2 is 2.05 bits per heavy atom. The van der Waals surface area contributed by atoms with Gasteiger partial charge in [0.1, 0.15) is 17.6 Å². The van der Waals surface area contributed by atoms with Gasteiger partial charge in [0, 0.05) is 18.2 Å². The molecule has 0 N–H and O–H groups in total. The lowest BCUT2D eigenvalue weighted by molar-refractivity contribution is 0.128. The number of ether oxygens (including phenoxy) is 1. The zero-order valence-corrected chi connectivity index (χ0v) is 11.5. The summed E-state index contributed by atoms with van der Waals surface area (Å²) in [4.78, 5) is 8.40. The summed E-state index contributed by atoms with van der Waals surface area (Å²) >= 11 is 5.95. The Kier molecular flexibility index (Phi) is 4.45. The van der Waals surface area contributed by atoms with Crippen LogP contribution >= 0.6 is 11.6 Å². The second kappa shape index (κ2) is 6.08. The largest absolute Gasteiger partial charge is 0.374 e. The fourth-order valence-electron chi connectivity index (χ4n) is 1.62. The molecule has 0 radical (unpaired) electrons. The lowest BCUT2D eigenvalue weighted by atomic mass is 10.1. The van der Waals surface area contributed by atoms with Crippen LogP contribution in [0.25, 0.3) is 11.3 Å². The van der Waals surface area contributed by atoms with Crippen molar-refractivity contribution < 1.29 is 9.13 Å². The first-order valence-corrected chi connectivity index (χ1v) is 6.35. The van der Waals surface area contributed by atoms with Crippen LogP contribution in [0.4, 0.5) is 4.39 Å². The standard InChI is InChI=1S/C14H14ClFN2O/c1-3-19-8-14-17-12(7-13(15)18-14)10-5-4-9(2)11(16)6-10/h4-7H,3,8H2,1-2H3. The first kappa shape index (κ1) is 13.9. The molecule has 0 unspecified atom stereocenters. The summed E-state index contributed by atoms with van der Waals surface area (Å²) in [5, 5.41) is 0.320. The average Bonchev–Trinajstić information content (AvgIpc) is 2.39. The predicted molar refractivity (Wildman–Crippen MR) is 72.5 cm³/mol. The normalized spacial score (nSPS) is 10.7. The molecule has 0 aliphatic rings. The van der Waals surface area contributed by atoms with E-state index in [1.165, 1.54) is 6.07 Å². The van der Waals surface area contributed by atoms with Crippen LogP contribution in [0.3, 0.4) is 0 Å². The van der Waals surface area contributed by atoms with Gasteiger partial charge in [-0.2, -0.15) is 0 Å². The summed E-state index contributed by atoms with van der Waals surface area (Å²) in [6, 6.07) is 6.57. The fraction of sp³-hybridized carbons (Fsp3) is 0.286. The zero-order chi connectivity index (χ0) is 13.8. The number of hydrogen-bond acceptors (Lipinski definition) is 3. The van der Waals surface area contributed by atoms with Gasteiger partial charge in [-0.15, -0.1) is 0 Å². The van der Waals surface area contributed by atoms with Gasteiger partial charge in [-0.05, 0) is 25.5 Å². The molecule has 0 aliphatic heterocycles. The maximum Gasteiger partial charge on any atom is 0.156 e. The highest BCUT2D eigenvalue weighted by molar-refractivity contribution is 6.29. The van der Waals surface area contributed by atoms with Crippen LogP contribution in [0.2, 0.25) is 5.15 Å². The Hall–Kier alpha value is -1.52. The van der Waals surface area contributed by atoms with Gasteiger partial charge in [0.05, 0.1) is 5.69 Å². The first-order valence-electron chi connectivity index (χ1n) is 5.98. The Morgan fingerprint density at radius 3 is 2.74 bits per heavy atom. The van der Waals surface area contributed by atoms with Gasteiger partial charge in [-0.1, -0.05) is 23.7 Å². The minimum Gasteiger partial charge on any atom is -0.374 e. The van der Waals surface area contributed by atoms with E-state index in [0.717, 1.165) is 0 Å². The van der Waals surface area contributed by atoms with Crippen LogP contribution in [-0.4, -0.2) is 16.6 Å². The van der Waals surface area contributed by atoms with Gasteiger partial charge in [-0.25, -0.2) is 14.4 Å². The van der Waals surface area contributed by atoms with Gasteiger partial charge < -0.3 is 4.74 Å². The van der Waals surface area contributed by atoms with E-state index in [2.05, 4.69) is 9.97 Å². The molecule has 0 spiro atoms. The lowest BCUT2D eigenvalue weighted by Crippen LogP contribution is -2.01. The van der Waals surface area contributed by atoms with Crippen molar-refractivity contribution in [2.45, 2.75) is 20.5 Å². The van der Waals surface area contributed by atoms with E-state index in [1.54, 1.807) is 19.1 Å². The molecule has 1 heterocycles. The van der Waals surface area contributed by atoms with E-state index in [4.69, 9.17) is 16.3 Å². The van der Waals surface area contributed by atoms with Crippen LogP contribution in [0.1, 0.15) is 18.3 Å². The van der Waals surface area contributed by atoms with E-state index in [-0.39, 0.29) is 5.82 Å². The van der Waals surface area contributed by atoms with Crippen molar-refractivity contribution in [1.29, 1.82) is 0 Å². The highest BCUT2D eigenvalue weighted by Gasteiger charge is 2.07. The highest BCUT2D eigenvalue weighted by atomic mass is 35.5. The van der Waals surface area contributed by atoms with Crippen molar-refractivity contribution in [3.63, 3.8) is 0 Å². The Bertz CT molecular complexity index is 590. The van der Waals surface area contributed by atoms with Gasteiger partial charge in [-0.3, -0.25) is 0 Å². The number of hydrogen-bond donors (Lipinski definition) is 0. The van der Waals surface area contributed by atoms with Crippen molar-refractivity contribution in [3.05, 3.63) is 46.6 Å². The van der Waals surface area contributed by atoms with Gasteiger partial charge in [0.25, 0.3) is 0 Å². The molecule has 0 atom stereocenters. The van der Waals surface area contributed by atoms with Crippen LogP contribution in [-0.2, 0) is 11.3 Å². The van der Waals surface area contributed by atoms with Crippen molar-refractivity contribution in [2.24, 2.45) is 0 Å². The molecule has 5 heteroatoms. The molecule has 2 rings (SSSR count). The molecule has 0 aliphatic carbocycles. The minimum absolute atomic E-state index is 0.265. The topological polar surface area (TPSA) is 35.0 Å². The van der Waals surface area contributed by atoms with Gasteiger partial charge in [0.2, 0.25) is 0 Å². The van der Waals surface area contributed by atoms with E-state index in [1.807, 2.05) is 13.0 Å². The van der Waals surface area contributed by atoms with Crippen molar-refractivity contribution in [3.8, 4) is 11.3 Å². The lowest BCUT2D eigenvalue weighted by Gasteiger charge is -2.06. The molecule has 0 amide bonds. The summed E-state index contributed by atoms with van der Waals surface area (Å²) in [5.74, 6) is 0.226. The van der Waals surface area contributed by atoms with Crippen LogP contribution in [0.5, 0.6) is 0 Å². The van der Waals surface area contributed by atoms with Crippen molar-refractivity contribution in [2.75, 3.05) is 6.61 Å². The summed E-state index contributed by atoms with van der Waals surface area (Å²) in [7, 11) is 0. The molecule has 19 heavy (non-hydrogen) atoms. The average molecular weight is 281 g/mol. The summed E-state index contributed by atoms with van der Waals surface area (Å²) in [6.45, 7) is 4.47. The number of aromatic nitrogens is 2. The second-order valence-corrected chi connectivity index (χ2v) is 4.48. The number of nitrogens with zero attached hydrogens (tertiary/aromatic N) is 2. The van der Waals surface area contributed by atoms with Crippen molar-refractivity contribution >= 4 is 11.6 Å². The Morgan fingerprint density at radius 1 is 1.26 bits per heavy atom. The Balaban J connectivity index is 2.37. The van der Waals surface area contributed by atoms with E-state index in [9.17, 15) is 4.39 Å². The summed E-state index contributed by atoms with van der Waals surface area (Å²) < 4.78 is 18.8. The molecule has 1 aromatic carbocycles. The van der Waals surface area contributed by atoms with Crippen LogP contribution < -0.4 is 0 Å². The molecule has 0 saturated carbocycles. The van der Waals surface area contributed by atoms with Gasteiger partial charge in [0.15, 0.2) is 5.82 Å². The number of aryl methyl sites for hydroxylation is 1. The molecular weight excluding hydrogens is 267 g/mol. The predicted octanol–water partition coefficient (Wildman–Crippen LogP) is 3.78. The summed E-state index contributed by atoms with van der Waals surface area (Å²) in [5.41, 5.74) is 1.86. The number of rotatable bonds is 4. The quantitative estimate of drug-likeness (QED) is 0.800. The van der Waals surface area contributed by atoms with Crippen LogP contribution in [0, 0.1) is 12.7 Å². The molecule has 2 aromatic rings. The second-order valence-electron chi connectivity index (χ2n) is 4.09. The van der Waals surface area contributed by atoms with Gasteiger partial charge >= 0.3 is 0 Å². The SMILES string of the molecule is CCOCc1nc(Cl)cc(-c2ccc(C)c(F)c2)n1. The molecule has 0 saturated heterocycles. The maximum absolute atomic E-state index is 13.6.